The molecule has 1 atom stereocenters. The van der Waals surface area contributed by atoms with Gasteiger partial charge >= 0.3 is 0 Å². The highest BCUT2D eigenvalue weighted by Gasteiger charge is 2.24. The molecule has 33 heavy (non-hydrogen) atoms. The first-order valence-electron chi connectivity index (χ1n) is 11.0. The second kappa shape index (κ2) is 9.28. The number of aryl methyl sites for hydroxylation is 1. The van der Waals surface area contributed by atoms with Crippen molar-refractivity contribution in [3.05, 3.63) is 77.7 Å². The molecular weight excluding hydrogens is 416 g/mol. The minimum absolute atomic E-state index is 0.113. The Kier molecular flexibility index (Phi) is 6.26. The molecule has 2 amide bonds. The molecule has 0 aliphatic carbocycles. The first-order valence-corrected chi connectivity index (χ1v) is 11.0. The number of carbonyl (C=O) groups excluding carboxylic acids is 2. The largest absolute Gasteiger partial charge is 0.342 e. The lowest BCUT2D eigenvalue weighted by atomic mass is 10.1. The molecule has 0 saturated carbocycles. The van der Waals surface area contributed by atoms with Crippen LogP contribution in [-0.4, -0.2) is 49.6 Å². The number of aromatic nitrogens is 4. The molecule has 2 aromatic heterocycles. The van der Waals surface area contributed by atoms with Crippen LogP contribution in [0.2, 0.25) is 0 Å². The third-order valence-electron chi connectivity index (χ3n) is 5.73. The van der Waals surface area contributed by atoms with Crippen LogP contribution in [0.1, 0.15) is 52.9 Å². The zero-order valence-corrected chi connectivity index (χ0v) is 19.3. The van der Waals surface area contributed by atoms with Crippen molar-refractivity contribution in [1.82, 2.24) is 29.5 Å². The van der Waals surface area contributed by atoms with Crippen molar-refractivity contribution in [3.8, 4) is 11.3 Å². The Morgan fingerprint density at radius 3 is 2.70 bits per heavy atom. The number of hydrogen-bond acceptors (Lipinski definition) is 4. The molecule has 0 saturated heterocycles. The number of rotatable bonds is 5. The predicted molar refractivity (Wildman–Crippen MR) is 127 cm³/mol. The Bertz CT molecular complexity index is 1240. The lowest BCUT2D eigenvalue weighted by Crippen LogP contribution is -2.30. The van der Waals surface area contributed by atoms with Crippen LogP contribution in [0.3, 0.4) is 0 Å². The third kappa shape index (κ3) is 4.64. The second-order valence-electron chi connectivity index (χ2n) is 8.21. The number of nitrogens with zero attached hydrogens (tertiary/aromatic N) is 5. The summed E-state index contributed by atoms with van der Waals surface area (Å²) in [6.07, 6.45) is 9.99. The fraction of sp³-hybridized carbons (Fsp3) is 0.280. The van der Waals surface area contributed by atoms with Gasteiger partial charge in [0, 0.05) is 56.4 Å². The van der Waals surface area contributed by atoms with E-state index in [2.05, 4.69) is 17.3 Å². The summed E-state index contributed by atoms with van der Waals surface area (Å²) in [5, 5.41) is 7.15. The number of imidazole rings is 1. The van der Waals surface area contributed by atoms with E-state index in [1.165, 1.54) is 4.68 Å². The monoisotopic (exact) mass is 444 g/mol. The van der Waals surface area contributed by atoms with Crippen molar-refractivity contribution >= 4 is 18.0 Å². The highest BCUT2D eigenvalue weighted by atomic mass is 16.2. The van der Waals surface area contributed by atoms with Gasteiger partial charge in [-0.05, 0) is 19.4 Å². The lowest BCUT2D eigenvalue weighted by molar-refractivity contribution is 0.0794. The number of hydrogen-bond donors (Lipinski definition) is 1. The maximum atomic E-state index is 13.0. The first kappa shape index (κ1) is 22.3. The molecule has 1 aliphatic rings. The van der Waals surface area contributed by atoms with E-state index in [9.17, 15) is 9.59 Å². The number of allylic oxidation sites excluding steroid dienone is 2. The van der Waals surface area contributed by atoms with E-state index >= 15 is 0 Å². The SMILES string of the molecule is CCN(C)C(=O)c1cn(C)nc1C(=O)NC1=CCC(C)c2nc(-c3ccccc3)cn2C=C1. The number of fused-ring (bicyclic) bond motifs is 1. The van der Waals surface area contributed by atoms with E-state index in [0.717, 1.165) is 17.1 Å². The molecule has 8 nitrogen and oxygen atoms in total. The second-order valence-corrected chi connectivity index (χ2v) is 8.21. The van der Waals surface area contributed by atoms with Crippen LogP contribution in [0, 0.1) is 0 Å². The summed E-state index contributed by atoms with van der Waals surface area (Å²) < 4.78 is 3.48. The van der Waals surface area contributed by atoms with Crippen molar-refractivity contribution in [2.75, 3.05) is 13.6 Å². The van der Waals surface area contributed by atoms with Gasteiger partial charge in [-0.3, -0.25) is 14.3 Å². The van der Waals surface area contributed by atoms with Gasteiger partial charge in [0.1, 0.15) is 5.82 Å². The van der Waals surface area contributed by atoms with Crippen molar-refractivity contribution in [2.24, 2.45) is 7.05 Å². The first-order chi connectivity index (χ1) is 15.9. The zero-order valence-electron chi connectivity index (χ0n) is 19.3. The Morgan fingerprint density at radius 2 is 1.97 bits per heavy atom. The van der Waals surface area contributed by atoms with Gasteiger partial charge in [-0.25, -0.2) is 4.98 Å². The molecule has 0 radical (unpaired) electrons. The number of amides is 2. The van der Waals surface area contributed by atoms with Gasteiger partial charge in [-0.1, -0.05) is 43.3 Å². The molecule has 4 rings (SSSR count). The minimum Gasteiger partial charge on any atom is -0.342 e. The molecular formula is C25H28N6O2. The van der Waals surface area contributed by atoms with Crippen molar-refractivity contribution < 1.29 is 9.59 Å². The highest BCUT2D eigenvalue weighted by Crippen LogP contribution is 2.27. The Hall–Kier alpha value is -3.94. The molecule has 3 aromatic rings. The summed E-state index contributed by atoms with van der Waals surface area (Å²) in [4.78, 5) is 32.1. The zero-order chi connectivity index (χ0) is 23.5. The van der Waals surface area contributed by atoms with Crippen LogP contribution in [0.25, 0.3) is 17.5 Å². The van der Waals surface area contributed by atoms with Crippen LogP contribution < -0.4 is 5.32 Å². The van der Waals surface area contributed by atoms with Crippen LogP contribution in [-0.2, 0) is 7.05 Å². The molecule has 1 aromatic carbocycles. The number of nitrogens with one attached hydrogen (secondary N) is 1. The van der Waals surface area contributed by atoms with Crippen LogP contribution in [0.5, 0.6) is 0 Å². The Morgan fingerprint density at radius 1 is 1.21 bits per heavy atom. The lowest BCUT2D eigenvalue weighted by Gasteiger charge is -2.15. The molecule has 3 heterocycles. The fourth-order valence-electron chi connectivity index (χ4n) is 3.72. The highest BCUT2D eigenvalue weighted by molar-refractivity contribution is 6.06. The predicted octanol–water partition coefficient (Wildman–Crippen LogP) is 3.67. The van der Waals surface area contributed by atoms with Crippen LogP contribution >= 0.6 is 0 Å². The van der Waals surface area contributed by atoms with Crippen molar-refractivity contribution in [3.63, 3.8) is 0 Å². The summed E-state index contributed by atoms with van der Waals surface area (Å²) >= 11 is 0. The molecule has 1 unspecified atom stereocenters. The van der Waals surface area contributed by atoms with Gasteiger partial charge in [0.15, 0.2) is 5.69 Å². The number of benzene rings is 1. The standard InChI is InChI=1S/C25H28N6O2/c1-5-29(3)25(33)20-15-30(4)28-22(20)24(32)26-19-12-11-17(2)23-27-21(16-31(23)14-13-19)18-9-7-6-8-10-18/h6-10,12-17H,5,11H2,1-4H3,(H,26,32). The fourth-order valence-corrected chi connectivity index (χ4v) is 3.72. The maximum absolute atomic E-state index is 13.0. The van der Waals surface area contributed by atoms with E-state index in [1.54, 1.807) is 25.2 Å². The van der Waals surface area contributed by atoms with Crippen molar-refractivity contribution in [1.29, 1.82) is 0 Å². The Balaban J connectivity index is 1.57. The minimum atomic E-state index is -0.414. The summed E-state index contributed by atoms with van der Waals surface area (Å²) in [7, 11) is 3.39. The Labute approximate surface area is 193 Å². The van der Waals surface area contributed by atoms with Gasteiger partial charge in [-0.15, -0.1) is 0 Å². The van der Waals surface area contributed by atoms with E-state index in [1.807, 2.05) is 66.4 Å². The molecule has 0 fully saturated rings. The van der Waals surface area contributed by atoms with Gasteiger partial charge in [-0.2, -0.15) is 5.10 Å². The van der Waals surface area contributed by atoms with Gasteiger partial charge in [0.25, 0.3) is 11.8 Å². The third-order valence-corrected chi connectivity index (χ3v) is 5.73. The van der Waals surface area contributed by atoms with E-state index < -0.39 is 5.91 Å². The van der Waals surface area contributed by atoms with E-state index in [0.29, 0.717) is 18.7 Å². The van der Waals surface area contributed by atoms with Gasteiger partial charge < -0.3 is 14.8 Å². The van der Waals surface area contributed by atoms with E-state index in [4.69, 9.17) is 4.98 Å². The topological polar surface area (TPSA) is 85.1 Å². The molecule has 1 aliphatic heterocycles. The summed E-state index contributed by atoms with van der Waals surface area (Å²) in [5.41, 5.74) is 3.02. The summed E-state index contributed by atoms with van der Waals surface area (Å²) in [6.45, 7) is 4.53. The van der Waals surface area contributed by atoms with Crippen molar-refractivity contribution in [2.45, 2.75) is 26.2 Å². The number of carbonyl (C=O) groups is 2. The molecule has 0 spiro atoms. The normalized spacial score (nSPS) is 15.3. The smallest absolute Gasteiger partial charge is 0.276 e. The average molecular weight is 445 g/mol. The van der Waals surface area contributed by atoms with Crippen LogP contribution in [0.15, 0.2) is 60.6 Å². The molecule has 170 valence electrons. The molecule has 0 bridgehead atoms. The molecule has 1 N–H and O–H groups in total. The summed E-state index contributed by atoms with van der Waals surface area (Å²) in [5.74, 6) is 0.475. The summed E-state index contributed by atoms with van der Waals surface area (Å²) in [6, 6.07) is 10.1. The van der Waals surface area contributed by atoms with E-state index in [-0.39, 0.29) is 23.1 Å². The maximum Gasteiger partial charge on any atom is 0.276 e. The average Bonchev–Trinajstić information content (AvgIpc) is 3.42. The van der Waals surface area contributed by atoms with Gasteiger partial charge in [0.2, 0.25) is 0 Å². The quantitative estimate of drug-likeness (QED) is 0.651. The van der Waals surface area contributed by atoms with Gasteiger partial charge in [0.05, 0.1) is 11.3 Å². The van der Waals surface area contributed by atoms with Crippen LogP contribution in [0.4, 0.5) is 0 Å². The molecule has 8 heteroatoms.